The number of carboxylic acids is 1. The van der Waals surface area contributed by atoms with Gasteiger partial charge < -0.3 is 15.7 Å². The lowest BCUT2D eigenvalue weighted by Crippen LogP contribution is -2.48. The molecule has 0 radical (unpaired) electrons. The van der Waals surface area contributed by atoms with Crippen molar-refractivity contribution in [3.05, 3.63) is 11.6 Å². The Labute approximate surface area is 102 Å². The second-order valence-electron chi connectivity index (χ2n) is 4.89. The van der Waals surface area contributed by atoms with E-state index >= 15 is 0 Å². The van der Waals surface area contributed by atoms with Crippen LogP contribution in [0.3, 0.4) is 0 Å². The van der Waals surface area contributed by atoms with E-state index in [0.717, 1.165) is 5.57 Å². The van der Waals surface area contributed by atoms with Gasteiger partial charge in [-0.3, -0.25) is 4.79 Å². The molecule has 0 bridgehead atoms. The maximum absolute atomic E-state index is 11.5. The summed E-state index contributed by atoms with van der Waals surface area (Å²) in [5.41, 5.74) is 0.614. The maximum atomic E-state index is 11.5. The van der Waals surface area contributed by atoms with E-state index in [9.17, 15) is 9.59 Å². The maximum Gasteiger partial charge on any atom is 0.315 e. The number of aliphatic carboxylic acids is 1. The highest BCUT2D eigenvalue weighted by Gasteiger charge is 2.20. The first-order valence-corrected chi connectivity index (χ1v) is 5.64. The number of carbonyl (C=O) groups is 2. The monoisotopic (exact) mass is 242 g/mol. The van der Waals surface area contributed by atoms with Crippen molar-refractivity contribution in [3.63, 3.8) is 0 Å². The second-order valence-corrected chi connectivity index (χ2v) is 4.89. The largest absolute Gasteiger partial charge is 0.481 e. The fourth-order valence-corrected chi connectivity index (χ4v) is 1.18. The molecular weight excluding hydrogens is 220 g/mol. The van der Waals surface area contributed by atoms with E-state index < -0.39 is 11.5 Å². The Morgan fingerprint density at radius 3 is 2.35 bits per heavy atom. The predicted molar refractivity (Wildman–Crippen MR) is 66.9 cm³/mol. The van der Waals surface area contributed by atoms with Crippen LogP contribution in [0.2, 0.25) is 0 Å². The van der Waals surface area contributed by atoms with Gasteiger partial charge in [0.1, 0.15) is 0 Å². The van der Waals surface area contributed by atoms with Gasteiger partial charge in [-0.15, -0.1) is 0 Å². The third-order valence-electron chi connectivity index (χ3n) is 2.19. The van der Waals surface area contributed by atoms with Crippen molar-refractivity contribution in [1.29, 1.82) is 0 Å². The highest BCUT2D eigenvalue weighted by molar-refractivity contribution is 5.75. The first-order valence-electron chi connectivity index (χ1n) is 5.64. The molecule has 3 N–H and O–H groups in total. The van der Waals surface area contributed by atoms with Crippen molar-refractivity contribution in [2.24, 2.45) is 0 Å². The average Bonchev–Trinajstić information content (AvgIpc) is 2.13. The van der Waals surface area contributed by atoms with Gasteiger partial charge in [-0.05, 0) is 34.1 Å². The molecule has 0 heterocycles. The molecule has 0 aromatic carbocycles. The quantitative estimate of drug-likeness (QED) is 0.622. The van der Waals surface area contributed by atoms with Gasteiger partial charge in [0.05, 0.1) is 0 Å². The summed E-state index contributed by atoms with van der Waals surface area (Å²) >= 11 is 0. The van der Waals surface area contributed by atoms with E-state index in [1.807, 2.05) is 19.9 Å². The third kappa shape index (κ3) is 9.41. The zero-order valence-corrected chi connectivity index (χ0v) is 11.0. The summed E-state index contributed by atoms with van der Waals surface area (Å²) in [5, 5.41) is 14.0. The molecule has 17 heavy (non-hydrogen) atoms. The van der Waals surface area contributed by atoms with E-state index in [2.05, 4.69) is 10.6 Å². The fourth-order valence-electron chi connectivity index (χ4n) is 1.18. The van der Waals surface area contributed by atoms with Gasteiger partial charge in [-0.25, -0.2) is 4.79 Å². The molecule has 0 unspecified atom stereocenters. The lowest BCUT2D eigenvalue weighted by molar-refractivity contribution is -0.137. The van der Waals surface area contributed by atoms with Crippen molar-refractivity contribution in [1.82, 2.24) is 10.6 Å². The zero-order valence-electron chi connectivity index (χ0n) is 11.0. The minimum Gasteiger partial charge on any atom is -0.481 e. The number of urea groups is 1. The number of carboxylic acid groups (broad SMARTS) is 1. The van der Waals surface area contributed by atoms with Gasteiger partial charge in [-0.2, -0.15) is 0 Å². The van der Waals surface area contributed by atoms with Gasteiger partial charge in [-0.1, -0.05) is 11.6 Å². The minimum absolute atomic E-state index is 0.0429. The van der Waals surface area contributed by atoms with Crippen LogP contribution in [0.5, 0.6) is 0 Å². The first kappa shape index (κ1) is 15.5. The molecule has 0 saturated heterocycles. The van der Waals surface area contributed by atoms with E-state index in [1.165, 1.54) is 0 Å². The van der Waals surface area contributed by atoms with E-state index in [0.29, 0.717) is 13.0 Å². The number of hydrogen-bond donors (Lipinski definition) is 3. The van der Waals surface area contributed by atoms with Crippen molar-refractivity contribution in [2.45, 2.75) is 46.1 Å². The molecule has 0 atom stereocenters. The van der Waals surface area contributed by atoms with Gasteiger partial charge in [0.2, 0.25) is 0 Å². The molecule has 0 saturated carbocycles. The van der Waals surface area contributed by atoms with Crippen molar-refractivity contribution in [2.75, 3.05) is 6.54 Å². The van der Waals surface area contributed by atoms with Gasteiger partial charge in [0.25, 0.3) is 0 Å². The lowest BCUT2D eigenvalue weighted by atomic mass is 9.99. The molecule has 0 aromatic heterocycles. The van der Waals surface area contributed by atoms with Crippen LogP contribution in [-0.4, -0.2) is 29.2 Å². The Morgan fingerprint density at radius 2 is 1.88 bits per heavy atom. The number of nitrogens with one attached hydrogen (secondary N) is 2. The molecule has 0 aliphatic heterocycles. The predicted octanol–water partition coefficient (Wildman–Crippen LogP) is 1.90. The van der Waals surface area contributed by atoms with E-state index in [1.54, 1.807) is 13.8 Å². The number of rotatable bonds is 6. The minimum atomic E-state index is -0.857. The Hall–Kier alpha value is -1.52. The van der Waals surface area contributed by atoms with E-state index in [4.69, 9.17) is 5.11 Å². The Balaban J connectivity index is 4.00. The van der Waals surface area contributed by atoms with Gasteiger partial charge >= 0.3 is 12.0 Å². The number of amides is 2. The molecule has 0 aliphatic rings. The molecule has 98 valence electrons. The number of carbonyl (C=O) groups excluding carboxylic acids is 1. The van der Waals surface area contributed by atoms with Crippen LogP contribution >= 0.6 is 0 Å². The molecule has 0 aromatic rings. The topological polar surface area (TPSA) is 78.4 Å². The third-order valence-corrected chi connectivity index (χ3v) is 2.19. The van der Waals surface area contributed by atoms with Crippen molar-refractivity contribution < 1.29 is 14.7 Å². The summed E-state index contributed by atoms with van der Waals surface area (Å²) in [4.78, 5) is 21.9. The lowest BCUT2D eigenvalue weighted by Gasteiger charge is -2.25. The highest BCUT2D eigenvalue weighted by Crippen LogP contribution is 2.10. The van der Waals surface area contributed by atoms with E-state index in [-0.39, 0.29) is 12.5 Å². The molecule has 0 aliphatic carbocycles. The SMILES string of the molecule is CC(C)=CCNC(=O)NC(C)(C)CCC(=O)O. The number of allylic oxidation sites excluding steroid dienone is 1. The molecule has 5 nitrogen and oxygen atoms in total. The molecule has 0 rings (SSSR count). The molecule has 0 fully saturated rings. The van der Waals surface area contributed by atoms with Gasteiger partial charge in [0, 0.05) is 18.5 Å². The van der Waals surface area contributed by atoms with Crippen molar-refractivity contribution >= 4 is 12.0 Å². The normalized spacial score (nSPS) is 10.6. The molecule has 2 amide bonds. The number of hydrogen-bond acceptors (Lipinski definition) is 2. The van der Waals surface area contributed by atoms with Crippen LogP contribution < -0.4 is 10.6 Å². The fraction of sp³-hybridized carbons (Fsp3) is 0.667. The summed E-state index contributed by atoms with van der Waals surface area (Å²) in [6, 6.07) is -0.280. The van der Waals surface area contributed by atoms with Crippen LogP contribution in [0.15, 0.2) is 11.6 Å². The zero-order chi connectivity index (χ0) is 13.5. The summed E-state index contributed by atoms with van der Waals surface area (Å²) in [5.74, 6) is -0.857. The van der Waals surface area contributed by atoms with Crippen LogP contribution in [-0.2, 0) is 4.79 Å². The van der Waals surface area contributed by atoms with Crippen LogP contribution in [0.25, 0.3) is 0 Å². The Bertz CT molecular complexity index is 305. The second kappa shape index (κ2) is 6.93. The van der Waals surface area contributed by atoms with Crippen LogP contribution in [0.4, 0.5) is 4.79 Å². The summed E-state index contributed by atoms with van der Waals surface area (Å²) in [7, 11) is 0. The molecule has 0 spiro atoms. The summed E-state index contributed by atoms with van der Waals surface area (Å²) in [6.07, 6.45) is 2.35. The van der Waals surface area contributed by atoms with Gasteiger partial charge in [0.15, 0.2) is 0 Å². The average molecular weight is 242 g/mol. The van der Waals surface area contributed by atoms with Crippen LogP contribution in [0, 0.1) is 0 Å². The molecule has 5 heteroatoms. The summed E-state index contributed by atoms with van der Waals surface area (Å²) < 4.78 is 0. The standard InChI is InChI=1S/C12H22N2O3/c1-9(2)6-8-13-11(17)14-12(3,4)7-5-10(15)16/h6H,5,7-8H2,1-4H3,(H,15,16)(H2,13,14,17). The van der Waals surface area contributed by atoms with Crippen LogP contribution in [0.1, 0.15) is 40.5 Å². The Kier molecular flexibility index (Phi) is 6.31. The Morgan fingerprint density at radius 1 is 1.29 bits per heavy atom. The van der Waals surface area contributed by atoms with Crippen molar-refractivity contribution in [3.8, 4) is 0 Å². The molecular formula is C12H22N2O3. The summed E-state index contributed by atoms with van der Waals surface area (Å²) in [6.45, 7) is 7.99. The first-order chi connectivity index (χ1) is 7.73. The smallest absolute Gasteiger partial charge is 0.315 e. The highest BCUT2D eigenvalue weighted by atomic mass is 16.4.